The first kappa shape index (κ1) is 57.9. The van der Waals surface area contributed by atoms with Crippen molar-refractivity contribution in [2.45, 2.75) is 256 Å². The van der Waals surface area contributed by atoms with Gasteiger partial charge in [0.15, 0.2) is 6.29 Å². The first-order chi connectivity index (χ1) is 30.3. The molecule has 62 heavy (non-hydrogen) atoms. The Morgan fingerprint density at radius 2 is 0.984 bits per heavy atom. The quantitative estimate of drug-likeness (QED) is 0.0262. The van der Waals surface area contributed by atoms with Crippen LogP contribution >= 0.6 is 0 Å². The van der Waals surface area contributed by atoms with E-state index in [2.05, 4.69) is 67.8 Å². The number of aliphatic hydroxyl groups excluding tert-OH is 5. The molecule has 0 aromatic rings. The Balaban J connectivity index is 2.32. The highest BCUT2D eigenvalue weighted by molar-refractivity contribution is 5.76. The number of unbranched alkanes of at least 4 members (excludes halogenated alkanes) is 24. The Hall–Kier alpha value is -2.11. The molecule has 1 rings (SSSR count). The van der Waals surface area contributed by atoms with Gasteiger partial charge in [0.1, 0.15) is 24.4 Å². The summed E-state index contributed by atoms with van der Waals surface area (Å²) in [4.78, 5) is 13.0. The molecule has 0 spiro atoms. The lowest BCUT2D eigenvalue weighted by Crippen LogP contribution is -2.60. The number of ether oxygens (including phenoxy) is 2. The topological polar surface area (TPSA) is 149 Å². The van der Waals surface area contributed by atoms with Crippen LogP contribution in [0.2, 0.25) is 0 Å². The zero-order valence-electron chi connectivity index (χ0n) is 39.6. The van der Waals surface area contributed by atoms with Crippen LogP contribution in [0, 0.1) is 0 Å². The maximum absolute atomic E-state index is 13.0. The molecule has 1 aliphatic heterocycles. The van der Waals surface area contributed by atoms with Gasteiger partial charge in [-0.1, -0.05) is 197 Å². The lowest BCUT2D eigenvalue weighted by Gasteiger charge is -2.40. The van der Waals surface area contributed by atoms with Crippen LogP contribution < -0.4 is 5.32 Å². The fourth-order valence-corrected chi connectivity index (χ4v) is 7.67. The molecule has 0 saturated carbocycles. The molecular weight excluding hydrogens is 779 g/mol. The van der Waals surface area contributed by atoms with Crippen molar-refractivity contribution >= 4 is 5.91 Å². The van der Waals surface area contributed by atoms with Crippen LogP contribution in [-0.2, 0) is 14.3 Å². The molecule has 6 N–H and O–H groups in total. The lowest BCUT2D eigenvalue weighted by molar-refractivity contribution is -0.302. The van der Waals surface area contributed by atoms with Gasteiger partial charge >= 0.3 is 0 Å². The molecular formula is C53H95NO8. The molecule has 1 fully saturated rings. The second-order valence-electron chi connectivity index (χ2n) is 17.6. The predicted molar refractivity (Wildman–Crippen MR) is 258 cm³/mol. The van der Waals surface area contributed by atoms with Crippen LogP contribution in [0.1, 0.15) is 213 Å². The molecule has 0 bridgehead atoms. The van der Waals surface area contributed by atoms with Gasteiger partial charge < -0.3 is 40.3 Å². The van der Waals surface area contributed by atoms with Crippen molar-refractivity contribution in [2.75, 3.05) is 13.2 Å². The van der Waals surface area contributed by atoms with Gasteiger partial charge in [-0.05, 0) is 70.6 Å². The number of aliphatic hydroxyl groups is 5. The molecule has 7 atom stereocenters. The average molecular weight is 874 g/mol. The summed E-state index contributed by atoms with van der Waals surface area (Å²) in [6, 6.07) is -0.837. The molecule has 0 aromatic carbocycles. The van der Waals surface area contributed by atoms with E-state index in [4.69, 9.17) is 9.47 Å². The molecule has 1 saturated heterocycles. The number of hydrogen-bond donors (Lipinski definition) is 6. The average Bonchev–Trinajstić information content (AvgIpc) is 3.27. The summed E-state index contributed by atoms with van der Waals surface area (Å²) < 4.78 is 11.2. The Morgan fingerprint density at radius 3 is 1.50 bits per heavy atom. The SMILES string of the molecule is CCCC/C=C\C/C=C\CCCCCCCC(=O)NC(COC1OC(CO)C(O)C(O)C1O)C(O)/C=C/CC/C=C/CC/C=C/CCCCCCCCCCCCCCCCC. The fraction of sp³-hybridized carbons (Fsp3) is 0.792. The number of allylic oxidation sites excluding steroid dienone is 9. The Bertz CT molecular complexity index is 1150. The third-order valence-electron chi connectivity index (χ3n) is 11.8. The van der Waals surface area contributed by atoms with Crippen LogP contribution in [0.4, 0.5) is 0 Å². The highest BCUT2D eigenvalue weighted by Gasteiger charge is 2.44. The van der Waals surface area contributed by atoms with Crippen LogP contribution in [0.3, 0.4) is 0 Å². The van der Waals surface area contributed by atoms with E-state index in [9.17, 15) is 30.3 Å². The maximum Gasteiger partial charge on any atom is 0.220 e. The summed E-state index contributed by atoms with van der Waals surface area (Å²) in [7, 11) is 0. The largest absolute Gasteiger partial charge is 0.394 e. The fourth-order valence-electron chi connectivity index (χ4n) is 7.67. The first-order valence-corrected chi connectivity index (χ1v) is 25.5. The summed E-state index contributed by atoms with van der Waals surface area (Å²) in [5, 5.41) is 54.2. The van der Waals surface area contributed by atoms with Crippen molar-refractivity contribution in [3.8, 4) is 0 Å². The van der Waals surface area contributed by atoms with Gasteiger partial charge in [-0.2, -0.15) is 0 Å². The monoisotopic (exact) mass is 874 g/mol. The van der Waals surface area contributed by atoms with E-state index in [1.807, 2.05) is 6.08 Å². The van der Waals surface area contributed by atoms with E-state index in [1.54, 1.807) is 6.08 Å². The molecule has 9 heteroatoms. The standard InChI is InChI=1S/C53H95NO8/c1-3-5-7-9-11-13-15-17-19-20-21-22-23-24-25-26-27-28-29-30-32-34-36-38-40-42-47(56)46(45-61-53-52(60)51(59)50(58)48(44-55)62-53)54-49(57)43-41-39-37-35-33-31-18-16-14-12-10-8-6-4-2/h10,12,16,18,27-28,32,34,40,42,46-48,50-53,55-56,58-60H,3-9,11,13-15,17,19-26,29-31,33,35-39,41,43-45H2,1-2H3,(H,54,57)/b12-10-,18-16-,28-27+,34-32+,42-40+. The van der Waals surface area contributed by atoms with Crippen LogP contribution in [0.15, 0.2) is 60.8 Å². The zero-order valence-corrected chi connectivity index (χ0v) is 39.6. The summed E-state index contributed by atoms with van der Waals surface area (Å²) in [6.45, 7) is 3.70. The molecule has 1 heterocycles. The molecule has 9 nitrogen and oxygen atoms in total. The number of hydrogen-bond acceptors (Lipinski definition) is 8. The van der Waals surface area contributed by atoms with E-state index in [1.165, 1.54) is 116 Å². The van der Waals surface area contributed by atoms with E-state index in [-0.39, 0.29) is 12.5 Å². The number of nitrogens with one attached hydrogen (secondary N) is 1. The van der Waals surface area contributed by atoms with Gasteiger partial charge in [-0.25, -0.2) is 0 Å². The van der Waals surface area contributed by atoms with Crippen LogP contribution in [-0.4, -0.2) is 87.5 Å². The Morgan fingerprint density at radius 1 is 0.548 bits per heavy atom. The van der Waals surface area contributed by atoms with E-state index >= 15 is 0 Å². The highest BCUT2D eigenvalue weighted by atomic mass is 16.7. The van der Waals surface area contributed by atoms with Crippen molar-refractivity contribution in [3.05, 3.63) is 60.8 Å². The van der Waals surface area contributed by atoms with E-state index in [0.29, 0.717) is 6.42 Å². The van der Waals surface area contributed by atoms with Gasteiger partial charge in [-0.15, -0.1) is 0 Å². The number of rotatable bonds is 42. The second-order valence-corrected chi connectivity index (χ2v) is 17.6. The summed E-state index contributed by atoms with van der Waals surface area (Å²) in [6.07, 6.45) is 49.9. The molecule has 360 valence electrons. The van der Waals surface area contributed by atoms with Crippen molar-refractivity contribution in [1.82, 2.24) is 5.32 Å². The van der Waals surface area contributed by atoms with Crippen molar-refractivity contribution < 1.29 is 39.8 Å². The third-order valence-corrected chi connectivity index (χ3v) is 11.8. The summed E-state index contributed by atoms with van der Waals surface area (Å²) in [5.41, 5.74) is 0. The van der Waals surface area contributed by atoms with E-state index in [0.717, 1.165) is 77.0 Å². The Kier molecular flexibility index (Phi) is 40.0. The van der Waals surface area contributed by atoms with Gasteiger partial charge in [0.25, 0.3) is 0 Å². The number of amides is 1. The molecule has 0 radical (unpaired) electrons. The molecule has 1 amide bonds. The first-order valence-electron chi connectivity index (χ1n) is 25.5. The van der Waals surface area contributed by atoms with Crippen molar-refractivity contribution in [1.29, 1.82) is 0 Å². The summed E-state index contributed by atoms with van der Waals surface area (Å²) >= 11 is 0. The number of carbonyl (C=O) groups excluding carboxylic acids is 1. The van der Waals surface area contributed by atoms with Crippen molar-refractivity contribution in [3.63, 3.8) is 0 Å². The Labute approximate surface area is 379 Å². The van der Waals surface area contributed by atoms with Crippen molar-refractivity contribution in [2.24, 2.45) is 0 Å². The van der Waals surface area contributed by atoms with E-state index < -0.39 is 49.5 Å². The van der Waals surface area contributed by atoms with Crippen LogP contribution in [0.25, 0.3) is 0 Å². The van der Waals surface area contributed by atoms with Gasteiger partial charge in [0.05, 0.1) is 25.4 Å². The molecule has 1 aliphatic rings. The highest BCUT2D eigenvalue weighted by Crippen LogP contribution is 2.22. The minimum Gasteiger partial charge on any atom is -0.394 e. The normalized spacial score (nSPS) is 20.8. The summed E-state index contributed by atoms with van der Waals surface area (Å²) in [5.74, 6) is -0.207. The van der Waals surface area contributed by atoms with Gasteiger partial charge in [-0.3, -0.25) is 4.79 Å². The molecule has 7 unspecified atom stereocenters. The minimum atomic E-state index is -1.58. The van der Waals surface area contributed by atoms with Gasteiger partial charge in [0, 0.05) is 6.42 Å². The molecule has 0 aliphatic carbocycles. The second kappa shape index (κ2) is 42.8. The van der Waals surface area contributed by atoms with Crippen LogP contribution in [0.5, 0.6) is 0 Å². The van der Waals surface area contributed by atoms with Gasteiger partial charge in [0.2, 0.25) is 5.91 Å². The maximum atomic E-state index is 13.0. The zero-order chi connectivity index (χ0) is 45.1. The minimum absolute atomic E-state index is 0.207. The molecule has 0 aromatic heterocycles. The predicted octanol–water partition coefficient (Wildman–Crippen LogP) is 11.6. The third kappa shape index (κ3) is 32.5. The lowest BCUT2D eigenvalue weighted by atomic mass is 9.99. The number of carbonyl (C=O) groups is 1. The smallest absolute Gasteiger partial charge is 0.220 e.